The van der Waals surface area contributed by atoms with Crippen molar-refractivity contribution in [2.45, 2.75) is 16.4 Å². The zero-order chi connectivity index (χ0) is 15.2. The molecule has 0 saturated carbocycles. The quantitative estimate of drug-likeness (QED) is 0.887. The van der Waals surface area contributed by atoms with Gasteiger partial charge >= 0.3 is 0 Å². The number of ether oxygens (including phenoxy) is 3. The van der Waals surface area contributed by atoms with Gasteiger partial charge in [0.2, 0.25) is 0 Å². The largest absolute Gasteiger partial charge is 0.497 e. The third kappa shape index (κ3) is 3.62. The third-order valence-corrected chi connectivity index (χ3v) is 4.20. The topological polar surface area (TPSA) is 47.9 Å². The smallest absolute Gasteiger partial charge is 0.136 e. The van der Waals surface area contributed by atoms with E-state index in [1.165, 1.54) is 11.8 Å². The molecule has 0 atom stereocenters. The molecule has 0 radical (unpaired) electrons. The molecule has 0 aliphatic carbocycles. The molecule has 21 heavy (non-hydrogen) atoms. The lowest BCUT2D eigenvalue weighted by Gasteiger charge is -2.12. The van der Waals surface area contributed by atoms with E-state index >= 15 is 0 Å². The molecule has 0 spiro atoms. The predicted molar refractivity (Wildman–Crippen MR) is 82.6 cm³/mol. The second-order valence-corrected chi connectivity index (χ2v) is 5.33. The van der Waals surface area contributed by atoms with Crippen LogP contribution in [0.5, 0.6) is 17.2 Å². The average molecular weight is 306 g/mol. The predicted octanol–water partition coefficient (Wildman–Crippen LogP) is 3.36. The van der Waals surface area contributed by atoms with Crippen LogP contribution in [0.2, 0.25) is 0 Å². The van der Waals surface area contributed by atoms with Gasteiger partial charge in [-0.2, -0.15) is 0 Å². The van der Waals surface area contributed by atoms with Crippen molar-refractivity contribution >= 4 is 11.8 Å². The number of benzene rings is 2. The summed E-state index contributed by atoms with van der Waals surface area (Å²) < 4.78 is 15.8. The van der Waals surface area contributed by atoms with Gasteiger partial charge in [-0.1, -0.05) is 11.8 Å². The summed E-state index contributed by atoms with van der Waals surface area (Å²) in [7, 11) is 4.85. The van der Waals surface area contributed by atoms with Gasteiger partial charge in [-0.15, -0.1) is 0 Å². The monoisotopic (exact) mass is 306 g/mol. The fourth-order valence-corrected chi connectivity index (χ4v) is 2.89. The van der Waals surface area contributed by atoms with Crippen LogP contribution in [-0.2, 0) is 6.61 Å². The molecule has 0 aromatic heterocycles. The molecule has 0 aliphatic rings. The molecule has 0 aliphatic heterocycles. The summed E-state index contributed by atoms with van der Waals surface area (Å²) in [6.07, 6.45) is 0. The van der Waals surface area contributed by atoms with Gasteiger partial charge in [0, 0.05) is 11.0 Å². The zero-order valence-corrected chi connectivity index (χ0v) is 13.1. The van der Waals surface area contributed by atoms with Gasteiger partial charge in [0.1, 0.15) is 17.2 Å². The van der Waals surface area contributed by atoms with Crippen LogP contribution in [-0.4, -0.2) is 26.4 Å². The molecule has 5 heteroatoms. The van der Waals surface area contributed by atoms with Gasteiger partial charge < -0.3 is 19.3 Å². The highest BCUT2D eigenvalue weighted by Crippen LogP contribution is 2.39. The first-order valence-electron chi connectivity index (χ1n) is 6.39. The summed E-state index contributed by atoms with van der Waals surface area (Å²) in [4.78, 5) is 1.92. The van der Waals surface area contributed by atoms with Crippen LogP contribution in [0.1, 0.15) is 5.56 Å². The number of methoxy groups -OCH3 is 3. The Morgan fingerprint density at radius 3 is 2.05 bits per heavy atom. The summed E-state index contributed by atoms with van der Waals surface area (Å²) >= 11 is 1.53. The van der Waals surface area contributed by atoms with Crippen molar-refractivity contribution < 1.29 is 19.3 Å². The molecule has 4 nitrogen and oxygen atoms in total. The minimum absolute atomic E-state index is 0.0436. The number of rotatable bonds is 6. The van der Waals surface area contributed by atoms with E-state index in [0.29, 0.717) is 0 Å². The Bertz CT molecular complexity index is 560. The van der Waals surface area contributed by atoms with Crippen molar-refractivity contribution in [2.75, 3.05) is 21.3 Å². The standard InChI is InChI=1S/C16H18O4S/c1-18-12-4-6-15(11(8-12)10-17)21-16-7-5-13(19-2)9-14(16)20-3/h4-9,17H,10H2,1-3H3. The fourth-order valence-electron chi connectivity index (χ4n) is 1.88. The van der Waals surface area contributed by atoms with E-state index in [2.05, 4.69) is 0 Å². The van der Waals surface area contributed by atoms with Crippen LogP contribution in [0.15, 0.2) is 46.2 Å². The van der Waals surface area contributed by atoms with Gasteiger partial charge in [-0.05, 0) is 35.9 Å². The highest BCUT2D eigenvalue weighted by Gasteiger charge is 2.10. The van der Waals surface area contributed by atoms with E-state index in [4.69, 9.17) is 14.2 Å². The van der Waals surface area contributed by atoms with Crippen LogP contribution in [0, 0.1) is 0 Å². The Kier molecular flexibility index (Phi) is 5.36. The molecule has 0 bridgehead atoms. The van der Waals surface area contributed by atoms with Crippen molar-refractivity contribution in [2.24, 2.45) is 0 Å². The van der Waals surface area contributed by atoms with Gasteiger partial charge in [-0.25, -0.2) is 0 Å². The van der Waals surface area contributed by atoms with Gasteiger partial charge in [0.25, 0.3) is 0 Å². The second kappa shape index (κ2) is 7.24. The maximum atomic E-state index is 9.50. The van der Waals surface area contributed by atoms with Gasteiger partial charge in [0.15, 0.2) is 0 Å². The summed E-state index contributed by atoms with van der Waals surface area (Å²) in [6, 6.07) is 11.3. The highest BCUT2D eigenvalue weighted by atomic mass is 32.2. The highest BCUT2D eigenvalue weighted by molar-refractivity contribution is 7.99. The molecule has 0 amide bonds. The molecule has 112 valence electrons. The van der Waals surface area contributed by atoms with Crippen LogP contribution >= 0.6 is 11.8 Å². The SMILES string of the molecule is COc1ccc(Sc2ccc(OC)cc2OC)c(CO)c1. The molecule has 2 rings (SSSR count). The molecule has 1 N–H and O–H groups in total. The lowest BCUT2D eigenvalue weighted by atomic mass is 10.2. The molecule has 0 fully saturated rings. The Hall–Kier alpha value is -1.85. The first kappa shape index (κ1) is 15.5. The normalized spacial score (nSPS) is 10.3. The Balaban J connectivity index is 2.33. The summed E-state index contributed by atoms with van der Waals surface area (Å²) in [5.74, 6) is 2.21. The number of hydrogen-bond acceptors (Lipinski definition) is 5. The third-order valence-electron chi connectivity index (χ3n) is 3.03. The zero-order valence-electron chi connectivity index (χ0n) is 12.3. The van der Waals surface area contributed by atoms with Crippen molar-refractivity contribution in [3.8, 4) is 17.2 Å². The molecule has 0 saturated heterocycles. The number of aliphatic hydroxyl groups excluding tert-OH is 1. The lowest BCUT2D eigenvalue weighted by molar-refractivity contribution is 0.278. The Morgan fingerprint density at radius 1 is 0.857 bits per heavy atom. The maximum Gasteiger partial charge on any atom is 0.136 e. The second-order valence-electron chi connectivity index (χ2n) is 4.25. The fraction of sp³-hybridized carbons (Fsp3) is 0.250. The van der Waals surface area contributed by atoms with Crippen molar-refractivity contribution in [3.05, 3.63) is 42.0 Å². The summed E-state index contributed by atoms with van der Waals surface area (Å²) in [6.45, 7) is -0.0436. The van der Waals surface area contributed by atoms with Crippen molar-refractivity contribution in [1.82, 2.24) is 0 Å². The van der Waals surface area contributed by atoms with Gasteiger partial charge in [-0.3, -0.25) is 0 Å². The molecular formula is C16H18O4S. The average Bonchev–Trinajstić information content (AvgIpc) is 2.55. The van der Waals surface area contributed by atoms with Gasteiger partial charge in [0.05, 0.1) is 32.8 Å². The van der Waals surface area contributed by atoms with E-state index in [0.717, 1.165) is 32.6 Å². The molecular weight excluding hydrogens is 288 g/mol. The van der Waals surface area contributed by atoms with Crippen LogP contribution in [0.4, 0.5) is 0 Å². The molecule has 0 heterocycles. The maximum absolute atomic E-state index is 9.50. The van der Waals surface area contributed by atoms with E-state index in [1.807, 2.05) is 36.4 Å². The number of aliphatic hydroxyl groups is 1. The molecule has 0 unspecified atom stereocenters. The van der Waals surface area contributed by atoms with Crippen molar-refractivity contribution in [3.63, 3.8) is 0 Å². The van der Waals surface area contributed by atoms with Crippen LogP contribution in [0.3, 0.4) is 0 Å². The van der Waals surface area contributed by atoms with E-state index in [-0.39, 0.29) is 6.61 Å². The van der Waals surface area contributed by atoms with Crippen molar-refractivity contribution in [1.29, 1.82) is 0 Å². The number of hydrogen-bond donors (Lipinski definition) is 1. The van der Waals surface area contributed by atoms with Crippen LogP contribution < -0.4 is 14.2 Å². The minimum atomic E-state index is -0.0436. The first-order valence-corrected chi connectivity index (χ1v) is 7.21. The molecule has 2 aromatic carbocycles. The Morgan fingerprint density at radius 2 is 1.48 bits per heavy atom. The summed E-state index contributed by atoms with van der Waals surface area (Å²) in [5.41, 5.74) is 0.817. The van der Waals surface area contributed by atoms with E-state index in [1.54, 1.807) is 21.3 Å². The summed E-state index contributed by atoms with van der Waals surface area (Å²) in [5, 5.41) is 9.50. The van der Waals surface area contributed by atoms with E-state index < -0.39 is 0 Å². The molecule has 2 aromatic rings. The van der Waals surface area contributed by atoms with E-state index in [9.17, 15) is 5.11 Å². The first-order chi connectivity index (χ1) is 10.2. The minimum Gasteiger partial charge on any atom is -0.497 e. The Labute approximate surface area is 128 Å². The van der Waals surface area contributed by atoms with Crippen LogP contribution in [0.25, 0.3) is 0 Å². The lowest BCUT2D eigenvalue weighted by Crippen LogP contribution is -1.92.